The van der Waals surface area contributed by atoms with E-state index in [1.165, 1.54) is 4.90 Å². The summed E-state index contributed by atoms with van der Waals surface area (Å²) in [6, 6.07) is 0. The van der Waals surface area contributed by atoms with Crippen molar-refractivity contribution in [2.24, 2.45) is 0 Å². The van der Waals surface area contributed by atoms with Crippen molar-refractivity contribution in [3.05, 3.63) is 0 Å². The highest BCUT2D eigenvalue weighted by atomic mass is 16.4. The van der Waals surface area contributed by atoms with Crippen LogP contribution in [0.5, 0.6) is 0 Å². The minimum absolute atomic E-state index is 0.292. The normalized spacial score (nSPS) is 10.7. The smallest absolute Gasteiger partial charge is 0.136 e. The summed E-state index contributed by atoms with van der Waals surface area (Å²) in [4.78, 5) is 11.9. The lowest BCUT2D eigenvalue weighted by molar-refractivity contribution is -0.888. The molecule has 20 heavy (non-hydrogen) atoms. The maximum Gasteiger partial charge on any atom is 0.136 e. The van der Waals surface area contributed by atoms with Crippen LogP contribution in [0.4, 0.5) is 4.79 Å². The van der Waals surface area contributed by atoms with Crippen molar-refractivity contribution in [1.82, 2.24) is 4.90 Å². The first-order valence-corrected chi connectivity index (χ1v) is 7.73. The summed E-state index contributed by atoms with van der Waals surface area (Å²) < 4.78 is 0.913. The van der Waals surface area contributed by atoms with Gasteiger partial charge in [0.15, 0.2) is 0 Å². The third kappa shape index (κ3) is 13.6. The lowest BCUT2D eigenvalue weighted by Gasteiger charge is -2.26. The van der Waals surface area contributed by atoms with Gasteiger partial charge in [0.1, 0.15) is 12.6 Å². The molecule has 5 heteroatoms. The van der Waals surface area contributed by atoms with Crippen LogP contribution in [-0.2, 0) is 0 Å². The van der Waals surface area contributed by atoms with Crippen molar-refractivity contribution in [2.75, 3.05) is 46.9 Å². The van der Waals surface area contributed by atoms with Gasteiger partial charge < -0.3 is 24.4 Å². The first-order valence-electron chi connectivity index (χ1n) is 7.73. The Morgan fingerprint density at radius 3 is 1.75 bits per heavy atom. The number of likely N-dealkylation sites (N-methyl/N-ethyl adjacent to an activating group) is 1. The molecule has 0 fully saturated rings. The molecule has 0 atom stereocenters. The molecule has 0 aliphatic heterocycles. The number of hydrogen-bond donors (Lipinski definition) is 1. The van der Waals surface area contributed by atoms with Gasteiger partial charge in [-0.2, -0.15) is 0 Å². The number of quaternary nitrogens is 1. The lowest BCUT2D eigenvalue weighted by Crippen LogP contribution is -2.42. The van der Waals surface area contributed by atoms with Crippen LogP contribution in [0.1, 0.15) is 46.5 Å². The van der Waals surface area contributed by atoms with Gasteiger partial charge in [0.25, 0.3) is 0 Å². The van der Waals surface area contributed by atoms with Gasteiger partial charge >= 0.3 is 0 Å². The average Bonchev–Trinajstić information content (AvgIpc) is 2.39. The zero-order valence-corrected chi connectivity index (χ0v) is 14.0. The van der Waals surface area contributed by atoms with Gasteiger partial charge in [-0.15, -0.1) is 0 Å². The highest BCUT2D eigenvalue weighted by Gasteiger charge is 2.08. The van der Waals surface area contributed by atoms with Crippen molar-refractivity contribution in [1.29, 1.82) is 0 Å². The molecule has 0 unspecified atom stereocenters. The number of carbonyl (C=O) groups is 1. The lowest BCUT2D eigenvalue weighted by atomic mass is 10.3. The maximum atomic E-state index is 10.5. The Balaban J connectivity index is 0. The molecule has 0 aromatic rings. The molecule has 0 spiro atoms. The Kier molecular flexibility index (Phi) is 14.2. The molecule has 0 heterocycles. The van der Waals surface area contributed by atoms with Gasteiger partial charge in [-0.05, 0) is 19.8 Å². The number of carbonyl (C=O) groups excluding carboxylic acids is 1. The van der Waals surface area contributed by atoms with Crippen LogP contribution in [0.3, 0.4) is 0 Å². The molecule has 0 aliphatic rings. The predicted octanol–water partition coefficient (Wildman–Crippen LogP) is 1.31. The number of aliphatic hydroxyl groups is 1. The second kappa shape index (κ2) is 13.2. The van der Waals surface area contributed by atoms with E-state index in [0.29, 0.717) is 19.7 Å². The Morgan fingerprint density at radius 2 is 1.55 bits per heavy atom. The molecule has 0 bridgehead atoms. The number of nitrogens with zero attached hydrogens (tertiary/aromatic N) is 2. The fourth-order valence-corrected chi connectivity index (χ4v) is 1.42. The molecule has 0 saturated carbocycles. The summed E-state index contributed by atoms with van der Waals surface area (Å²) in [5.41, 5.74) is 0. The van der Waals surface area contributed by atoms with E-state index in [1.54, 1.807) is 0 Å². The summed E-state index contributed by atoms with van der Waals surface area (Å²) in [7, 11) is 4.21. The standard InChI is InChI=1S/C9H19NO2.C6H16NO/c1-3-5-7-10(9(11)12)8-6-4-2;1-4-7(2,3)5-6-8/h3-8H2,1-2H3,(H,11,12);8H,4-6H2,1-3H3/q;+1/p-1. The minimum Gasteiger partial charge on any atom is -0.530 e. The molecule has 0 aromatic carbocycles. The van der Waals surface area contributed by atoms with E-state index in [9.17, 15) is 9.90 Å². The van der Waals surface area contributed by atoms with Crippen LogP contribution < -0.4 is 5.11 Å². The largest absolute Gasteiger partial charge is 0.530 e. The van der Waals surface area contributed by atoms with Gasteiger partial charge in [0, 0.05) is 13.1 Å². The molecular formula is C15H34N2O3. The van der Waals surface area contributed by atoms with E-state index >= 15 is 0 Å². The summed E-state index contributed by atoms with van der Waals surface area (Å²) in [5, 5.41) is 19.0. The van der Waals surface area contributed by atoms with Crippen molar-refractivity contribution in [3.8, 4) is 0 Å². The van der Waals surface area contributed by atoms with E-state index in [1.807, 2.05) is 13.8 Å². The van der Waals surface area contributed by atoms with Crippen molar-refractivity contribution >= 4 is 6.09 Å². The van der Waals surface area contributed by atoms with E-state index < -0.39 is 6.09 Å². The molecule has 0 rings (SSSR count). The molecule has 1 N–H and O–H groups in total. The summed E-state index contributed by atoms with van der Waals surface area (Å²) in [6.45, 7) is 9.70. The summed E-state index contributed by atoms with van der Waals surface area (Å²) in [5.74, 6) is 0. The molecular weight excluding hydrogens is 256 g/mol. The third-order valence-electron chi connectivity index (χ3n) is 3.38. The zero-order chi connectivity index (χ0) is 16.0. The van der Waals surface area contributed by atoms with E-state index in [2.05, 4.69) is 21.0 Å². The van der Waals surface area contributed by atoms with Crippen molar-refractivity contribution in [3.63, 3.8) is 0 Å². The molecule has 5 nitrogen and oxygen atoms in total. The van der Waals surface area contributed by atoms with Crippen LogP contribution >= 0.6 is 0 Å². The van der Waals surface area contributed by atoms with Gasteiger partial charge in [-0.1, -0.05) is 26.7 Å². The van der Waals surface area contributed by atoms with Gasteiger partial charge in [-0.3, -0.25) is 0 Å². The fourth-order valence-electron chi connectivity index (χ4n) is 1.42. The number of hydrogen-bond acceptors (Lipinski definition) is 3. The van der Waals surface area contributed by atoms with Crippen LogP contribution in [-0.4, -0.2) is 67.5 Å². The summed E-state index contributed by atoms with van der Waals surface area (Å²) in [6.07, 6.45) is 2.87. The molecule has 0 aromatic heterocycles. The zero-order valence-electron chi connectivity index (χ0n) is 14.0. The van der Waals surface area contributed by atoms with Crippen molar-refractivity contribution < 1.29 is 19.5 Å². The Labute approximate surface area is 124 Å². The van der Waals surface area contributed by atoms with Crippen molar-refractivity contribution in [2.45, 2.75) is 46.5 Å². The molecule has 1 amide bonds. The SMILES string of the molecule is CCCCN(CCCC)C(=O)[O-].CC[N+](C)(C)CCO. The average molecular weight is 290 g/mol. The first kappa shape index (κ1) is 21.5. The van der Waals surface area contributed by atoms with E-state index in [0.717, 1.165) is 43.3 Å². The highest BCUT2D eigenvalue weighted by Crippen LogP contribution is 1.97. The number of carboxylic acid groups (broad SMARTS) is 1. The molecule has 0 aliphatic carbocycles. The topological polar surface area (TPSA) is 63.6 Å². The number of unbranched alkanes of at least 4 members (excludes halogenated alkanes) is 2. The Hall–Kier alpha value is -0.810. The van der Waals surface area contributed by atoms with E-state index in [-0.39, 0.29) is 0 Å². The maximum absolute atomic E-state index is 10.5. The van der Waals surface area contributed by atoms with Gasteiger partial charge in [-0.25, -0.2) is 0 Å². The second-order valence-corrected chi connectivity index (χ2v) is 5.66. The Morgan fingerprint density at radius 1 is 1.10 bits per heavy atom. The Bertz CT molecular complexity index is 225. The van der Waals surface area contributed by atoms with Crippen LogP contribution in [0.2, 0.25) is 0 Å². The molecule has 122 valence electrons. The van der Waals surface area contributed by atoms with Gasteiger partial charge in [0.2, 0.25) is 0 Å². The van der Waals surface area contributed by atoms with E-state index in [4.69, 9.17) is 5.11 Å². The number of amides is 1. The molecule has 0 radical (unpaired) electrons. The second-order valence-electron chi connectivity index (χ2n) is 5.66. The van der Waals surface area contributed by atoms with Crippen LogP contribution in [0, 0.1) is 0 Å². The highest BCUT2D eigenvalue weighted by molar-refractivity contribution is 5.62. The van der Waals surface area contributed by atoms with Crippen LogP contribution in [0.15, 0.2) is 0 Å². The monoisotopic (exact) mass is 290 g/mol. The number of rotatable bonds is 9. The summed E-state index contributed by atoms with van der Waals surface area (Å²) >= 11 is 0. The molecule has 0 saturated heterocycles. The van der Waals surface area contributed by atoms with Crippen LogP contribution in [0.25, 0.3) is 0 Å². The fraction of sp³-hybridized carbons (Fsp3) is 0.933. The third-order valence-corrected chi connectivity index (χ3v) is 3.38. The first-order chi connectivity index (χ1) is 9.34. The number of aliphatic hydroxyl groups excluding tert-OH is 1. The quantitative estimate of drug-likeness (QED) is 0.651. The minimum atomic E-state index is -1.03. The van der Waals surface area contributed by atoms with Gasteiger partial charge in [0.05, 0.1) is 27.2 Å². The predicted molar refractivity (Wildman–Crippen MR) is 81.4 cm³/mol.